The van der Waals surface area contributed by atoms with Gasteiger partial charge in [-0.3, -0.25) is 9.59 Å². The minimum atomic E-state index is -0.457. The van der Waals surface area contributed by atoms with Crippen LogP contribution in [0, 0.1) is 0 Å². The van der Waals surface area contributed by atoms with Crippen LogP contribution in [-0.2, 0) is 9.59 Å². The second-order valence-corrected chi connectivity index (χ2v) is 4.78. The smallest absolute Gasteiger partial charge is 0.311 e. The number of nitrogens with zero attached hydrogens (tertiary/aromatic N) is 3. The fourth-order valence-electron chi connectivity index (χ4n) is 1.72. The van der Waals surface area contributed by atoms with Gasteiger partial charge in [-0.05, 0) is 12.1 Å². The Morgan fingerprint density at radius 1 is 1.25 bits per heavy atom. The highest BCUT2D eigenvalue weighted by atomic mass is 16.5. The van der Waals surface area contributed by atoms with Crippen molar-refractivity contribution in [2.45, 2.75) is 20.3 Å². The van der Waals surface area contributed by atoms with Gasteiger partial charge in [0.05, 0.1) is 5.69 Å². The largest absolute Gasteiger partial charge is 0.422 e. The van der Waals surface area contributed by atoms with Gasteiger partial charge in [-0.1, -0.05) is 25.1 Å². The molecule has 1 amide bonds. The minimum absolute atomic E-state index is 0.0285. The van der Waals surface area contributed by atoms with Gasteiger partial charge in [0.15, 0.2) is 17.4 Å². The van der Waals surface area contributed by atoms with E-state index in [0.717, 1.165) is 0 Å². The van der Waals surface area contributed by atoms with Crippen LogP contribution in [-0.4, -0.2) is 16.9 Å². The van der Waals surface area contributed by atoms with Crippen LogP contribution < -0.4 is 15.8 Å². The van der Waals surface area contributed by atoms with E-state index in [1.807, 2.05) is 18.2 Å². The molecule has 0 radical (unpaired) electrons. The van der Waals surface area contributed by atoms with Crippen molar-refractivity contribution in [3.63, 3.8) is 0 Å². The minimum Gasteiger partial charge on any atom is -0.422 e. The molecule has 0 aliphatic rings. The third-order valence-corrected chi connectivity index (χ3v) is 2.83. The van der Waals surface area contributed by atoms with Crippen LogP contribution >= 0.6 is 0 Å². The maximum absolute atomic E-state index is 11.5. The summed E-state index contributed by atoms with van der Waals surface area (Å²) in [6.07, 6.45) is 0.188. The van der Waals surface area contributed by atoms with Gasteiger partial charge in [0.1, 0.15) is 5.69 Å². The van der Waals surface area contributed by atoms with Crippen LogP contribution in [0.3, 0.4) is 0 Å². The lowest BCUT2D eigenvalue weighted by Crippen LogP contribution is -2.11. The van der Waals surface area contributed by atoms with E-state index < -0.39 is 5.97 Å². The van der Waals surface area contributed by atoms with Gasteiger partial charge in [-0.25, -0.2) is 4.98 Å². The molecule has 8 nitrogen and oxygen atoms in total. The van der Waals surface area contributed by atoms with E-state index in [0.29, 0.717) is 5.69 Å². The maximum atomic E-state index is 11.5. The molecule has 0 saturated heterocycles. The number of azo groups is 1. The highest BCUT2D eigenvalue weighted by Gasteiger charge is 2.14. The summed E-state index contributed by atoms with van der Waals surface area (Å²) in [7, 11) is 0. The normalized spacial score (nSPS) is 10.6. The number of rotatable bonds is 5. The topological polar surface area (TPSA) is 119 Å². The predicted molar refractivity (Wildman–Crippen MR) is 89.5 cm³/mol. The van der Waals surface area contributed by atoms with E-state index in [4.69, 9.17) is 10.5 Å². The Bertz CT molecular complexity index is 775. The Balaban J connectivity index is 2.40. The molecule has 0 fully saturated rings. The zero-order valence-electron chi connectivity index (χ0n) is 13.3. The number of amides is 1. The Labute approximate surface area is 138 Å². The molecule has 24 heavy (non-hydrogen) atoms. The van der Waals surface area contributed by atoms with Gasteiger partial charge in [0.2, 0.25) is 5.91 Å². The number of carbonyl (C=O) groups is 2. The lowest BCUT2D eigenvalue weighted by molar-refractivity contribution is -0.134. The number of nitrogen functional groups attached to an aromatic ring is 1. The van der Waals surface area contributed by atoms with E-state index in [1.165, 1.54) is 13.0 Å². The van der Waals surface area contributed by atoms with Crippen molar-refractivity contribution in [1.29, 1.82) is 0 Å². The second kappa shape index (κ2) is 7.82. The van der Waals surface area contributed by atoms with Crippen LogP contribution in [0.5, 0.6) is 5.75 Å². The van der Waals surface area contributed by atoms with Crippen molar-refractivity contribution in [2.24, 2.45) is 10.2 Å². The van der Waals surface area contributed by atoms with Crippen molar-refractivity contribution in [1.82, 2.24) is 4.98 Å². The average Bonchev–Trinajstić information content (AvgIpc) is 2.56. The number of hydrogen-bond donors (Lipinski definition) is 2. The van der Waals surface area contributed by atoms with E-state index in [1.54, 1.807) is 19.1 Å². The molecule has 0 atom stereocenters. The van der Waals surface area contributed by atoms with E-state index in [2.05, 4.69) is 20.5 Å². The van der Waals surface area contributed by atoms with Gasteiger partial charge >= 0.3 is 5.97 Å². The summed E-state index contributed by atoms with van der Waals surface area (Å²) in [4.78, 5) is 26.8. The highest BCUT2D eigenvalue weighted by molar-refractivity contribution is 5.91. The molecule has 124 valence electrons. The predicted octanol–water partition coefficient (Wildman–Crippen LogP) is 3.35. The number of esters is 1. The van der Waals surface area contributed by atoms with Gasteiger partial charge in [0, 0.05) is 19.4 Å². The number of hydrogen-bond acceptors (Lipinski definition) is 7. The van der Waals surface area contributed by atoms with Crippen molar-refractivity contribution in [2.75, 3.05) is 11.1 Å². The number of anilines is 2. The molecule has 1 aromatic heterocycles. The molecule has 0 bridgehead atoms. The number of benzene rings is 1. The average molecular weight is 327 g/mol. The zero-order chi connectivity index (χ0) is 17.5. The zero-order valence-corrected chi connectivity index (χ0v) is 13.3. The Kier molecular flexibility index (Phi) is 5.56. The van der Waals surface area contributed by atoms with Crippen molar-refractivity contribution in [3.8, 4) is 5.75 Å². The third kappa shape index (κ3) is 4.60. The molecule has 0 saturated carbocycles. The van der Waals surface area contributed by atoms with Crippen LogP contribution in [0.1, 0.15) is 20.3 Å². The summed E-state index contributed by atoms with van der Waals surface area (Å²) in [6, 6.07) is 10.4. The fraction of sp³-hybridized carbons (Fsp3) is 0.188. The number of ether oxygens (including phenoxy) is 1. The molecule has 0 aliphatic heterocycles. The maximum Gasteiger partial charge on any atom is 0.311 e. The number of pyridine rings is 1. The monoisotopic (exact) mass is 327 g/mol. The molecule has 1 heterocycles. The Morgan fingerprint density at radius 2 is 1.96 bits per heavy atom. The number of nitrogens with one attached hydrogen (secondary N) is 1. The fourth-order valence-corrected chi connectivity index (χ4v) is 1.72. The Hall–Kier alpha value is -3.29. The Morgan fingerprint density at radius 3 is 2.58 bits per heavy atom. The van der Waals surface area contributed by atoms with Crippen LogP contribution in [0.4, 0.5) is 23.0 Å². The molecule has 2 aromatic rings. The number of carbonyl (C=O) groups excluding carboxylic acids is 2. The summed E-state index contributed by atoms with van der Waals surface area (Å²) < 4.78 is 5.11. The number of nitrogens with two attached hydrogens (primary N) is 1. The van der Waals surface area contributed by atoms with E-state index in [9.17, 15) is 9.59 Å². The van der Waals surface area contributed by atoms with Crippen LogP contribution in [0.25, 0.3) is 0 Å². The first kappa shape index (κ1) is 17.1. The molecule has 0 aliphatic carbocycles. The molecule has 0 unspecified atom stereocenters. The highest BCUT2D eigenvalue weighted by Crippen LogP contribution is 2.33. The molecular weight excluding hydrogens is 310 g/mol. The molecule has 3 N–H and O–H groups in total. The standard InChI is InChI=1S/C16H17N5O3/c1-3-14(23)24-13-9-12(16(18-10(2)22)19-15(13)17)21-20-11-7-5-4-6-8-11/h4-9H,3H2,1-2H3,(H3,17,18,19,22)/b21-20+. The van der Waals surface area contributed by atoms with Crippen molar-refractivity contribution >= 4 is 34.9 Å². The lowest BCUT2D eigenvalue weighted by Gasteiger charge is -2.10. The molecule has 1 aromatic carbocycles. The van der Waals surface area contributed by atoms with E-state index >= 15 is 0 Å². The summed E-state index contributed by atoms with van der Waals surface area (Å²) in [5.41, 5.74) is 6.61. The van der Waals surface area contributed by atoms with Gasteiger partial charge in [-0.2, -0.15) is 5.11 Å². The van der Waals surface area contributed by atoms with Crippen molar-refractivity contribution < 1.29 is 14.3 Å². The van der Waals surface area contributed by atoms with E-state index in [-0.39, 0.29) is 35.4 Å². The first-order chi connectivity index (χ1) is 11.5. The quantitative estimate of drug-likeness (QED) is 0.644. The van der Waals surface area contributed by atoms with Gasteiger partial charge in [0.25, 0.3) is 0 Å². The molecule has 0 spiro atoms. The summed E-state index contributed by atoms with van der Waals surface area (Å²) in [5, 5.41) is 10.7. The summed E-state index contributed by atoms with van der Waals surface area (Å²) >= 11 is 0. The summed E-state index contributed by atoms with van der Waals surface area (Å²) in [5.74, 6) is -0.619. The van der Waals surface area contributed by atoms with Crippen molar-refractivity contribution in [3.05, 3.63) is 36.4 Å². The van der Waals surface area contributed by atoms with Gasteiger partial charge < -0.3 is 15.8 Å². The third-order valence-electron chi connectivity index (χ3n) is 2.83. The molecular formula is C16H17N5O3. The van der Waals surface area contributed by atoms with Crippen LogP contribution in [0.2, 0.25) is 0 Å². The first-order valence-corrected chi connectivity index (χ1v) is 7.25. The summed E-state index contributed by atoms with van der Waals surface area (Å²) in [6.45, 7) is 2.99. The lowest BCUT2D eigenvalue weighted by atomic mass is 10.3. The number of aromatic nitrogens is 1. The van der Waals surface area contributed by atoms with Crippen LogP contribution in [0.15, 0.2) is 46.6 Å². The first-order valence-electron chi connectivity index (χ1n) is 7.25. The SMILES string of the molecule is CCC(=O)Oc1cc(/N=N/c2ccccc2)c(NC(C)=O)nc1N. The molecule has 8 heteroatoms. The second-order valence-electron chi connectivity index (χ2n) is 4.78. The molecule has 2 rings (SSSR count). The van der Waals surface area contributed by atoms with Gasteiger partial charge in [-0.15, -0.1) is 5.11 Å².